The molecule has 1 atom stereocenters. The van der Waals surface area contributed by atoms with E-state index in [4.69, 9.17) is 9.15 Å². The fraction of sp³-hybridized carbons (Fsp3) is 0.400. The third-order valence-electron chi connectivity index (χ3n) is 4.54. The van der Waals surface area contributed by atoms with Gasteiger partial charge in [-0.2, -0.15) is 0 Å². The molecule has 2 amide bonds. The van der Waals surface area contributed by atoms with Crippen molar-refractivity contribution in [3.63, 3.8) is 0 Å². The number of hydrogen-bond acceptors (Lipinski definition) is 5. The number of ether oxygens (including phenoxy) is 1. The van der Waals surface area contributed by atoms with Gasteiger partial charge in [0.1, 0.15) is 5.75 Å². The summed E-state index contributed by atoms with van der Waals surface area (Å²) in [7, 11) is 0. The first-order valence-corrected chi connectivity index (χ1v) is 9.17. The van der Waals surface area contributed by atoms with Gasteiger partial charge in [0.05, 0.1) is 31.6 Å². The number of piperazine rings is 1. The summed E-state index contributed by atoms with van der Waals surface area (Å²) in [4.78, 5) is 26.8. The van der Waals surface area contributed by atoms with Crippen LogP contribution in [0.3, 0.4) is 0 Å². The van der Waals surface area contributed by atoms with Crippen LogP contribution >= 0.6 is 0 Å². The van der Waals surface area contributed by atoms with Gasteiger partial charge in [-0.15, -0.1) is 0 Å². The van der Waals surface area contributed by atoms with E-state index in [0.29, 0.717) is 32.8 Å². The largest absolute Gasteiger partial charge is 0.494 e. The molecule has 1 aliphatic heterocycles. The molecule has 0 bridgehead atoms. The lowest BCUT2D eigenvalue weighted by atomic mass is 10.1. The van der Waals surface area contributed by atoms with Crippen LogP contribution in [0, 0.1) is 0 Å². The maximum absolute atomic E-state index is 12.4. The molecule has 0 aliphatic carbocycles. The van der Waals surface area contributed by atoms with Crippen molar-refractivity contribution >= 4 is 11.8 Å². The van der Waals surface area contributed by atoms with E-state index in [1.165, 1.54) is 0 Å². The molecule has 0 unspecified atom stereocenters. The van der Waals surface area contributed by atoms with Gasteiger partial charge in [-0.05, 0) is 19.1 Å². The number of benzene rings is 1. The van der Waals surface area contributed by atoms with Gasteiger partial charge in [0.25, 0.3) is 0 Å². The van der Waals surface area contributed by atoms with Crippen molar-refractivity contribution < 1.29 is 18.7 Å². The van der Waals surface area contributed by atoms with E-state index in [2.05, 4.69) is 10.6 Å². The van der Waals surface area contributed by atoms with Crippen LogP contribution < -0.4 is 15.4 Å². The highest BCUT2D eigenvalue weighted by Crippen LogP contribution is 2.22. The first-order valence-electron chi connectivity index (χ1n) is 9.17. The second-order valence-corrected chi connectivity index (χ2v) is 6.43. The summed E-state index contributed by atoms with van der Waals surface area (Å²) in [5.74, 6) is 0.532. The normalized spacial score (nSPS) is 17.4. The number of nitrogens with one attached hydrogen (secondary N) is 2. The van der Waals surface area contributed by atoms with Crippen LogP contribution in [0.2, 0.25) is 0 Å². The standard InChI is InChI=1S/C20H25N3O4/c1-2-27-18-6-4-3-5-16(18)13-23-9-8-21-20(25)17(23)11-19(24)22-12-15-7-10-26-14-15/h3-7,10,14,17H,2,8-9,11-13H2,1H3,(H,21,25)(H,22,24)/t17-/m0/s1. The Morgan fingerprint density at radius 3 is 3.00 bits per heavy atom. The summed E-state index contributed by atoms with van der Waals surface area (Å²) >= 11 is 0. The molecule has 7 nitrogen and oxygen atoms in total. The van der Waals surface area contributed by atoms with Crippen molar-refractivity contribution in [2.24, 2.45) is 0 Å². The van der Waals surface area contributed by atoms with Crippen molar-refractivity contribution in [1.82, 2.24) is 15.5 Å². The summed E-state index contributed by atoms with van der Waals surface area (Å²) in [6.45, 7) is 4.73. The fourth-order valence-corrected chi connectivity index (χ4v) is 3.16. The van der Waals surface area contributed by atoms with E-state index >= 15 is 0 Å². The highest BCUT2D eigenvalue weighted by atomic mass is 16.5. The SMILES string of the molecule is CCOc1ccccc1CN1CCNC(=O)[C@@H]1CC(=O)NCc1ccoc1. The molecule has 3 rings (SSSR count). The minimum atomic E-state index is -0.502. The van der Waals surface area contributed by atoms with Crippen LogP contribution in [0.1, 0.15) is 24.5 Å². The summed E-state index contributed by atoms with van der Waals surface area (Å²) in [6.07, 6.45) is 3.26. The first-order chi connectivity index (χ1) is 13.2. The number of amides is 2. The van der Waals surface area contributed by atoms with Gasteiger partial charge < -0.3 is 19.8 Å². The Labute approximate surface area is 158 Å². The third-order valence-corrected chi connectivity index (χ3v) is 4.54. The lowest BCUT2D eigenvalue weighted by molar-refractivity contribution is -0.134. The minimum absolute atomic E-state index is 0.112. The number of rotatable bonds is 8. The van der Waals surface area contributed by atoms with Crippen molar-refractivity contribution in [1.29, 1.82) is 0 Å². The van der Waals surface area contributed by atoms with E-state index < -0.39 is 6.04 Å². The van der Waals surface area contributed by atoms with Crippen molar-refractivity contribution in [2.75, 3.05) is 19.7 Å². The molecule has 2 aromatic rings. The molecule has 1 aromatic carbocycles. The van der Waals surface area contributed by atoms with Gasteiger partial charge in [-0.25, -0.2) is 0 Å². The van der Waals surface area contributed by atoms with E-state index in [1.807, 2.05) is 36.1 Å². The smallest absolute Gasteiger partial charge is 0.237 e. The molecule has 2 N–H and O–H groups in total. The zero-order chi connectivity index (χ0) is 19.1. The van der Waals surface area contributed by atoms with Gasteiger partial charge in [-0.1, -0.05) is 18.2 Å². The lowest BCUT2D eigenvalue weighted by Gasteiger charge is -2.35. The minimum Gasteiger partial charge on any atom is -0.494 e. The predicted molar refractivity (Wildman–Crippen MR) is 100.0 cm³/mol. The molecule has 1 aromatic heterocycles. The summed E-state index contributed by atoms with van der Waals surface area (Å²) in [5.41, 5.74) is 1.90. The lowest BCUT2D eigenvalue weighted by Crippen LogP contribution is -2.56. The van der Waals surface area contributed by atoms with Gasteiger partial charge in [-0.3, -0.25) is 14.5 Å². The molecule has 2 heterocycles. The summed E-state index contributed by atoms with van der Waals surface area (Å²) in [6, 6.07) is 9.10. The van der Waals surface area contributed by atoms with Gasteiger partial charge in [0.15, 0.2) is 0 Å². The van der Waals surface area contributed by atoms with E-state index in [1.54, 1.807) is 18.6 Å². The highest BCUT2D eigenvalue weighted by molar-refractivity contribution is 5.88. The van der Waals surface area contributed by atoms with Crippen LogP contribution in [0.25, 0.3) is 0 Å². The number of carbonyl (C=O) groups is 2. The molecule has 144 valence electrons. The van der Waals surface area contributed by atoms with Crippen LogP contribution in [0.15, 0.2) is 47.3 Å². The molecule has 1 saturated heterocycles. The fourth-order valence-electron chi connectivity index (χ4n) is 3.16. The number of para-hydroxylation sites is 1. The first kappa shape index (κ1) is 19.0. The Morgan fingerprint density at radius 2 is 2.22 bits per heavy atom. The molecular weight excluding hydrogens is 346 g/mol. The highest BCUT2D eigenvalue weighted by Gasteiger charge is 2.32. The quantitative estimate of drug-likeness (QED) is 0.738. The monoisotopic (exact) mass is 371 g/mol. The molecule has 0 spiro atoms. The molecule has 0 radical (unpaired) electrons. The van der Waals surface area contributed by atoms with Crippen LogP contribution in [0.5, 0.6) is 5.75 Å². The van der Waals surface area contributed by atoms with Crippen molar-refractivity contribution in [3.8, 4) is 5.75 Å². The Kier molecular flexibility index (Phi) is 6.49. The molecule has 0 saturated carbocycles. The predicted octanol–water partition coefficient (Wildman–Crippen LogP) is 1.69. The number of nitrogens with zero attached hydrogens (tertiary/aromatic N) is 1. The topological polar surface area (TPSA) is 83.8 Å². The summed E-state index contributed by atoms with van der Waals surface area (Å²) in [5, 5.41) is 5.69. The number of hydrogen-bond donors (Lipinski definition) is 2. The molecule has 1 aliphatic rings. The number of furan rings is 1. The molecule has 1 fully saturated rings. The van der Waals surface area contributed by atoms with Gasteiger partial charge in [0.2, 0.25) is 11.8 Å². The Balaban J connectivity index is 1.64. The van der Waals surface area contributed by atoms with Gasteiger partial charge >= 0.3 is 0 Å². The average molecular weight is 371 g/mol. The Hall–Kier alpha value is -2.80. The Bertz CT molecular complexity index is 760. The van der Waals surface area contributed by atoms with Crippen LogP contribution in [-0.4, -0.2) is 42.5 Å². The average Bonchev–Trinajstić information content (AvgIpc) is 3.18. The molecule has 7 heteroatoms. The van der Waals surface area contributed by atoms with E-state index in [-0.39, 0.29) is 18.2 Å². The van der Waals surface area contributed by atoms with Crippen LogP contribution in [0.4, 0.5) is 0 Å². The van der Waals surface area contributed by atoms with Gasteiger partial charge in [0, 0.05) is 37.3 Å². The number of carbonyl (C=O) groups excluding carboxylic acids is 2. The molecule has 27 heavy (non-hydrogen) atoms. The zero-order valence-electron chi connectivity index (χ0n) is 15.4. The van der Waals surface area contributed by atoms with E-state index in [9.17, 15) is 9.59 Å². The van der Waals surface area contributed by atoms with Crippen molar-refractivity contribution in [3.05, 3.63) is 54.0 Å². The maximum Gasteiger partial charge on any atom is 0.237 e. The Morgan fingerprint density at radius 1 is 1.37 bits per heavy atom. The second-order valence-electron chi connectivity index (χ2n) is 6.43. The third kappa shape index (κ3) is 5.10. The maximum atomic E-state index is 12.4. The molecular formula is C20H25N3O4. The summed E-state index contributed by atoms with van der Waals surface area (Å²) < 4.78 is 10.7. The van der Waals surface area contributed by atoms with E-state index in [0.717, 1.165) is 16.9 Å². The zero-order valence-corrected chi connectivity index (χ0v) is 15.4. The van der Waals surface area contributed by atoms with Crippen molar-refractivity contribution in [2.45, 2.75) is 32.5 Å². The second kappa shape index (κ2) is 9.23. The van der Waals surface area contributed by atoms with Crippen LogP contribution in [-0.2, 0) is 22.7 Å².